The van der Waals surface area contributed by atoms with Gasteiger partial charge in [-0.15, -0.1) is 10.2 Å². The summed E-state index contributed by atoms with van der Waals surface area (Å²) >= 11 is 6.15. The minimum absolute atomic E-state index is 0.206. The average molecular weight is 361 g/mol. The molecule has 0 unspecified atom stereocenters. The standard InChI is InChI=1S/C17H17ClN4O3/c1-24-9-8-22-11-20-21-16(22)10-19-17(23)15-7-6-14(25-15)12-4-2-3-5-13(12)18/h2-7,11H,8-10H2,1H3,(H,19,23). The first-order chi connectivity index (χ1) is 12.2. The number of carbonyl (C=O) groups is 1. The van der Waals surface area contributed by atoms with Crippen molar-refractivity contribution in [1.82, 2.24) is 20.1 Å². The number of carbonyl (C=O) groups excluding carboxylic acids is 1. The van der Waals surface area contributed by atoms with Crippen molar-refractivity contribution in [1.29, 1.82) is 0 Å². The number of nitrogens with zero attached hydrogens (tertiary/aromatic N) is 3. The molecule has 2 heterocycles. The molecule has 25 heavy (non-hydrogen) atoms. The lowest BCUT2D eigenvalue weighted by Crippen LogP contribution is -2.24. The van der Waals surface area contributed by atoms with Crippen LogP contribution in [0.3, 0.4) is 0 Å². The predicted octanol–water partition coefficient (Wildman–Crippen LogP) is 2.77. The van der Waals surface area contributed by atoms with Crippen molar-refractivity contribution in [2.75, 3.05) is 13.7 Å². The minimum Gasteiger partial charge on any atom is -0.451 e. The molecule has 8 heteroatoms. The largest absolute Gasteiger partial charge is 0.451 e. The monoisotopic (exact) mass is 360 g/mol. The second kappa shape index (κ2) is 7.96. The minimum atomic E-state index is -0.334. The van der Waals surface area contributed by atoms with Crippen LogP contribution in [-0.4, -0.2) is 34.4 Å². The molecule has 1 N–H and O–H groups in total. The third kappa shape index (κ3) is 4.07. The fourth-order valence-corrected chi connectivity index (χ4v) is 2.53. The van der Waals surface area contributed by atoms with Crippen LogP contribution in [0.5, 0.6) is 0 Å². The number of rotatable bonds is 7. The van der Waals surface area contributed by atoms with E-state index in [4.69, 9.17) is 20.8 Å². The Kier molecular flexibility index (Phi) is 5.47. The molecule has 1 aromatic carbocycles. The van der Waals surface area contributed by atoms with E-state index >= 15 is 0 Å². The van der Waals surface area contributed by atoms with Crippen LogP contribution >= 0.6 is 11.6 Å². The van der Waals surface area contributed by atoms with Crippen LogP contribution < -0.4 is 5.32 Å². The van der Waals surface area contributed by atoms with E-state index in [1.54, 1.807) is 31.6 Å². The molecule has 7 nitrogen and oxygen atoms in total. The highest BCUT2D eigenvalue weighted by atomic mass is 35.5. The van der Waals surface area contributed by atoms with E-state index in [0.717, 1.165) is 5.56 Å². The first kappa shape index (κ1) is 17.2. The lowest BCUT2D eigenvalue weighted by Gasteiger charge is -2.06. The van der Waals surface area contributed by atoms with Crippen LogP contribution in [0.1, 0.15) is 16.4 Å². The molecular weight excluding hydrogens is 344 g/mol. The summed E-state index contributed by atoms with van der Waals surface area (Å²) in [6, 6.07) is 10.6. The van der Waals surface area contributed by atoms with Gasteiger partial charge in [-0.25, -0.2) is 0 Å². The Balaban J connectivity index is 1.65. The second-order valence-electron chi connectivity index (χ2n) is 5.26. The molecular formula is C17H17ClN4O3. The molecule has 0 aliphatic heterocycles. The van der Waals surface area contributed by atoms with Gasteiger partial charge in [0.25, 0.3) is 5.91 Å². The van der Waals surface area contributed by atoms with Crippen molar-refractivity contribution in [3.05, 3.63) is 59.3 Å². The van der Waals surface area contributed by atoms with Crippen LogP contribution in [0.15, 0.2) is 47.1 Å². The molecule has 2 aromatic heterocycles. The summed E-state index contributed by atoms with van der Waals surface area (Å²) in [7, 11) is 1.62. The normalized spacial score (nSPS) is 10.8. The Morgan fingerprint density at radius 3 is 2.96 bits per heavy atom. The fraction of sp³-hybridized carbons (Fsp3) is 0.235. The number of aromatic nitrogens is 3. The van der Waals surface area contributed by atoms with Crippen LogP contribution in [-0.2, 0) is 17.8 Å². The second-order valence-corrected chi connectivity index (χ2v) is 5.67. The number of hydrogen-bond donors (Lipinski definition) is 1. The van der Waals surface area contributed by atoms with E-state index in [9.17, 15) is 4.79 Å². The Hall–Kier alpha value is -2.64. The summed E-state index contributed by atoms with van der Waals surface area (Å²) < 4.78 is 12.5. The number of benzene rings is 1. The van der Waals surface area contributed by atoms with E-state index < -0.39 is 0 Å². The molecule has 130 valence electrons. The van der Waals surface area contributed by atoms with Gasteiger partial charge < -0.3 is 19.0 Å². The van der Waals surface area contributed by atoms with Crippen molar-refractivity contribution < 1.29 is 13.9 Å². The molecule has 1 amide bonds. The molecule has 0 saturated carbocycles. The Labute approximate surface area is 149 Å². The van der Waals surface area contributed by atoms with Crippen LogP contribution in [0.2, 0.25) is 5.02 Å². The van der Waals surface area contributed by atoms with Crippen LogP contribution in [0.25, 0.3) is 11.3 Å². The van der Waals surface area contributed by atoms with Crippen molar-refractivity contribution in [3.63, 3.8) is 0 Å². The van der Waals surface area contributed by atoms with Gasteiger partial charge in [0.1, 0.15) is 12.1 Å². The zero-order chi connectivity index (χ0) is 17.6. The summed E-state index contributed by atoms with van der Waals surface area (Å²) in [4.78, 5) is 12.3. The maximum atomic E-state index is 12.3. The SMILES string of the molecule is COCCn1cnnc1CNC(=O)c1ccc(-c2ccccc2Cl)o1. The van der Waals surface area contributed by atoms with Gasteiger partial charge in [-0.3, -0.25) is 4.79 Å². The Bertz CT molecular complexity index is 859. The highest BCUT2D eigenvalue weighted by molar-refractivity contribution is 6.33. The van der Waals surface area contributed by atoms with Crippen molar-refractivity contribution in [2.24, 2.45) is 0 Å². The number of amides is 1. The van der Waals surface area contributed by atoms with E-state index in [2.05, 4.69) is 15.5 Å². The molecule has 0 atom stereocenters. The summed E-state index contributed by atoms with van der Waals surface area (Å²) in [5, 5.41) is 11.2. The molecule has 3 aromatic rings. The first-order valence-corrected chi connectivity index (χ1v) is 8.05. The summed E-state index contributed by atoms with van der Waals surface area (Å²) in [5.41, 5.74) is 0.738. The molecule has 0 fully saturated rings. The maximum Gasteiger partial charge on any atom is 0.287 e. The van der Waals surface area contributed by atoms with E-state index in [-0.39, 0.29) is 18.2 Å². The Morgan fingerprint density at radius 2 is 2.16 bits per heavy atom. The molecule has 0 aliphatic carbocycles. The van der Waals surface area contributed by atoms with Crippen molar-refractivity contribution in [3.8, 4) is 11.3 Å². The predicted molar refractivity (Wildman–Crippen MR) is 92.2 cm³/mol. The van der Waals surface area contributed by atoms with Gasteiger partial charge in [0.2, 0.25) is 0 Å². The zero-order valence-corrected chi connectivity index (χ0v) is 14.4. The molecule has 3 rings (SSSR count). The van der Waals surface area contributed by atoms with E-state index in [1.165, 1.54) is 0 Å². The van der Waals surface area contributed by atoms with Gasteiger partial charge in [-0.1, -0.05) is 23.7 Å². The summed E-state index contributed by atoms with van der Waals surface area (Å²) in [6.07, 6.45) is 1.60. The molecule has 0 bridgehead atoms. The molecule has 0 spiro atoms. The number of halogens is 1. The van der Waals surface area contributed by atoms with Gasteiger partial charge in [0.05, 0.1) is 18.2 Å². The number of hydrogen-bond acceptors (Lipinski definition) is 5. The fourth-order valence-electron chi connectivity index (χ4n) is 2.30. The number of methoxy groups -OCH3 is 1. The summed E-state index contributed by atoms with van der Waals surface area (Å²) in [6.45, 7) is 1.40. The number of furan rings is 1. The maximum absolute atomic E-state index is 12.3. The molecule has 0 saturated heterocycles. The number of nitrogens with one attached hydrogen (secondary N) is 1. The van der Waals surface area contributed by atoms with E-state index in [0.29, 0.717) is 29.8 Å². The first-order valence-electron chi connectivity index (χ1n) is 7.67. The summed E-state index contributed by atoms with van der Waals surface area (Å²) in [5.74, 6) is 1.06. The third-order valence-corrected chi connectivity index (χ3v) is 3.94. The zero-order valence-electron chi connectivity index (χ0n) is 13.6. The van der Waals surface area contributed by atoms with Gasteiger partial charge in [-0.2, -0.15) is 0 Å². The third-order valence-electron chi connectivity index (χ3n) is 3.61. The van der Waals surface area contributed by atoms with Gasteiger partial charge in [-0.05, 0) is 24.3 Å². The topological polar surface area (TPSA) is 82.2 Å². The smallest absolute Gasteiger partial charge is 0.287 e. The van der Waals surface area contributed by atoms with Crippen LogP contribution in [0.4, 0.5) is 0 Å². The Morgan fingerprint density at radius 1 is 1.32 bits per heavy atom. The van der Waals surface area contributed by atoms with Gasteiger partial charge >= 0.3 is 0 Å². The van der Waals surface area contributed by atoms with Gasteiger partial charge in [0.15, 0.2) is 11.6 Å². The molecule has 0 aliphatic rings. The average Bonchev–Trinajstić information content (AvgIpc) is 3.27. The highest BCUT2D eigenvalue weighted by Gasteiger charge is 2.14. The van der Waals surface area contributed by atoms with Crippen molar-refractivity contribution in [2.45, 2.75) is 13.1 Å². The number of ether oxygens (including phenoxy) is 1. The van der Waals surface area contributed by atoms with Gasteiger partial charge in [0, 0.05) is 19.2 Å². The van der Waals surface area contributed by atoms with E-state index in [1.807, 2.05) is 22.8 Å². The quantitative estimate of drug-likeness (QED) is 0.700. The molecule has 0 radical (unpaired) electrons. The lowest BCUT2D eigenvalue weighted by atomic mass is 10.2. The van der Waals surface area contributed by atoms with Crippen LogP contribution in [0, 0.1) is 0 Å². The highest BCUT2D eigenvalue weighted by Crippen LogP contribution is 2.28. The van der Waals surface area contributed by atoms with Crippen molar-refractivity contribution >= 4 is 17.5 Å². The lowest BCUT2D eigenvalue weighted by molar-refractivity contribution is 0.0922.